The van der Waals surface area contributed by atoms with Gasteiger partial charge in [-0.05, 0) is 73.2 Å². The maximum absolute atomic E-state index is 2.35. The molecule has 1 unspecified atom stereocenters. The molecule has 1 saturated carbocycles. The van der Waals surface area contributed by atoms with E-state index in [1.165, 1.54) is 60.9 Å². The molecule has 3 aliphatic rings. The molecule has 5 aromatic carbocycles. The van der Waals surface area contributed by atoms with Crippen LogP contribution in [-0.2, 0) is 0 Å². The van der Waals surface area contributed by atoms with Gasteiger partial charge in [0.2, 0.25) is 0 Å². The summed E-state index contributed by atoms with van der Waals surface area (Å²) in [6, 6.07) is 47.1. The van der Waals surface area contributed by atoms with E-state index in [4.69, 9.17) is 0 Å². The molecule has 0 aliphatic heterocycles. The van der Waals surface area contributed by atoms with Gasteiger partial charge in [-0.3, -0.25) is 0 Å². The molecule has 1 spiro atoms. The van der Waals surface area contributed by atoms with Gasteiger partial charge in [-0.2, -0.15) is 0 Å². The molecule has 5 aromatic rings. The number of fused-ring (bicyclic) bond motifs is 3. The molecule has 0 heterocycles. The fourth-order valence-electron chi connectivity index (χ4n) is 7.03. The Balaban J connectivity index is 1.52. The molecule has 0 N–H and O–H groups in total. The molecular formula is C35H24. The van der Waals surface area contributed by atoms with Crippen molar-refractivity contribution in [2.45, 2.75) is 12.3 Å². The van der Waals surface area contributed by atoms with E-state index in [9.17, 15) is 0 Å². The second kappa shape index (κ2) is 6.93. The molecule has 0 amide bonds. The first-order valence-corrected chi connectivity index (χ1v) is 12.6. The second-order valence-electron chi connectivity index (χ2n) is 10.1. The van der Waals surface area contributed by atoms with Crippen LogP contribution >= 0.6 is 0 Å². The van der Waals surface area contributed by atoms with Crippen LogP contribution in [0.3, 0.4) is 0 Å². The molecule has 0 bridgehead atoms. The van der Waals surface area contributed by atoms with Crippen LogP contribution in [0.4, 0.5) is 0 Å². The fourth-order valence-corrected chi connectivity index (χ4v) is 7.03. The summed E-state index contributed by atoms with van der Waals surface area (Å²) in [6.45, 7) is 0. The summed E-state index contributed by atoms with van der Waals surface area (Å²) in [5.41, 5.74) is 12.9. The zero-order valence-corrected chi connectivity index (χ0v) is 19.4. The van der Waals surface area contributed by atoms with Gasteiger partial charge >= 0.3 is 0 Å². The Bertz CT molecular complexity index is 1590. The summed E-state index contributed by atoms with van der Waals surface area (Å²) < 4.78 is 0. The first-order valence-electron chi connectivity index (χ1n) is 12.6. The van der Waals surface area contributed by atoms with Crippen LogP contribution in [0.2, 0.25) is 0 Å². The minimum absolute atomic E-state index is 0.00950. The van der Waals surface area contributed by atoms with Gasteiger partial charge in [-0.15, -0.1) is 0 Å². The van der Waals surface area contributed by atoms with Crippen molar-refractivity contribution in [1.29, 1.82) is 0 Å². The molecule has 1 atom stereocenters. The molecule has 3 aliphatic carbocycles. The summed E-state index contributed by atoms with van der Waals surface area (Å²) >= 11 is 0. The van der Waals surface area contributed by atoms with Crippen molar-refractivity contribution >= 4 is 33.1 Å². The van der Waals surface area contributed by atoms with Gasteiger partial charge in [0.1, 0.15) is 0 Å². The molecule has 0 nitrogen and oxygen atoms in total. The van der Waals surface area contributed by atoms with Crippen LogP contribution in [0.1, 0.15) is 40.2 Å². The zero-order chi connectivity index (χ0) is 23.0. The van der Waals surface area contributed by atoms with Crippen molar-refractivity contribution in [2.24, 2.45) is 5.41 Å². The highest BCUT2D eigenvalue weighted by molar-refractivity contribution is 6.38. The standard InChI is InChI=1S/C35H24/c1-4-12-23(13-5-1)29-22-35(29)33(25-14-6-2-7-15-25)31-27-20-10-18-24-19-11-21-28(30(24)27)32(31)34(35)26-16-8-3-9-17-26/h1-21,29H,22H2. The molecule has 164 valence electrons. The first-order chi connectivity index (χ1) is 17.4. The first kappa shape index (κ1) is 19.2. The van der Waals surface area contributed by atoms with E-state index in [2.05, 4.69) is 127 Å². The van der Waals surface area contributed by atoms with Crippen molar-refractivity contribution < 1.29 is 0 Å². The molecule has 8 rings (SSSR count). The van der Waals surface area contributed by atoms with Crippen molar-refractivity contribution in [1.82, 2.24) is 0 Å². The summed E-state index contributed by atoms with van der Waals surface area (Å²) in [5, 5.41) is 2.74. The molecule has 35 heavy (non-hydrogen) atoms. The number of hydrogen-bond acceptors (Lipinski definition) is 0. The Hall–Kier alpha value is -4.16. The normalized spacial score (nSPS) is 19.0. The van der Waals surface area contributed by atoms with Gasteiger partial charge in [-0.25, -0.2) is 0 Å². The van der Waals surface area contributed by atoms with Gasteiger partial charge in [0.05, 0.1) is 0 Å². The monoisotopic (exact) mass is 444 g/mol. The van der Waals surface area contributed by atoms with Crippen LogP contribution in [0.5, 0.6) is 0 Å². The highest BCUT2D eigenvalue weighted by Gasteiger charge is 2.64. The Labute approximate surface area is 205 Å². The average Bonchev–Trinajstić information content (AvgIpc) is 3.48. The van der Waals surface area contributed by atoms with E-state index in [0.717, 1.165) is 6.42 Å². The van der Waals surface area contributed by atoms with Gasteiger partial charge in [0, 0.05) is 5.41 Å². The second-order valence-corrected chi connectivity index (χ2v) is 10.1. The Kier molecular flexibility index (Phi) is 3.80. The third-order valence-electron chi connectivity index (χ3n) is 8.37. The number of hydrogen-bond donors (Lipinski definition) is 0. The van der Waals surface area contributed by atoms with Gasteiger partial charge in [-0.1, -0.05) is 127 Å². The summed E-state index contributed by atoms with van der Waals surface area (Å²) in [5.74, 6) is 0.478. The van der Waals surface area contributed by atoms with Gasteiger partial charge < -0.3 is 0 Å². The minimum atomic E-state index is -0.00950. The van der Waals surface area contributed by atoms with Crippen LogP contribution < -0.4 is 0 Å². The molecular weight excluding hydrogens is 420 g/mol. The Morgan fingerprint density at radius 1 is 0.486 bits per heavy atom. The van der Waals surface area contributed by atoms with Crippen LogP contribution in [-0.4, -0.2) is 0 Å². The van der Waals surface area contributed by atoms with Crippen molar-refractivity contribution in [3.8, 4) is 0 Å². The molecule has 0 heteroatoms. The number of rotatable bonds is 3. The maximum atomic E-state index is 2.35. The predicted molar refractivity (Wildman–Crippen MR) is 147 cm³/mol. The largest absolute Gasteiger partial charge is 0.0622 e. The SMILES string of the molecule is c1ccc(C2=C3C(=C(c4ccccc4)C24CC4c2ccccc2)c2cccc4cccc3c24)cc1. The lowest BCUT2D eigenvalue weighted by atomic mass is 9.79. The third kappa shape index (κ3) is 2.47. The Morgan fingerprint density at radius 3 is 1.49 bits per heavy atom. The minimum Gasteiger partial charge on any atom is -0.0622 e. The smallest absolute Gasteiger partial charge is 0.0302 e. The number of allylic oxidation sites excluding steroid dienone is 4. The van der Waals surface area contributed by atoms with E-state index in [1.807, 2.05) is 0 Å². The summed E-state index contributed by atoms with van der Waals surface area (Å²) in [6.07, 6.45) is 1.15. The predicted octanol–water partition coefficient (Wildman–Crippen LogP) is 8.86. The van der Waals surface area contributed by atoms with Gasteiger partial charge in [0.25, 0.3) is 0 Å². The lowest BCUT2D eigenvalue weighted by molar-refractivity contribution is 0.866. The molecule has 0 saturated heterocycles. The third-order valence-corrected chi connectivity index (χ3v) is 8.37. The lowest BCUT2D eigenvalue weighted by Gasteiger charge is -2.23. The molecule has 1 fully saturated rings. The topological polar surface area (TPSA) is 0 Å². The van der Waals surface area contributed by atoms with Crippen molar-refractivity contribution in [3.63, 3.8) is 0 Å². The zero-order valence-electron chi connectivity index (χ0n) is 19.4. The van der Waals surface area contributed by atoms with Crippen molar-refractivity contribution in [3.05, 3.63) is 155 Å². The van der Waals surface area contributed by atoms with Gasteiger partial charge in [0.15, 0.2) is 0 Å². The van der Waals surface area contributed by atoms with E-state index in [-0.39, 0.29) is 5.41 Å². The quantitative estimate of drug-likeness (QED) is 0.261. The van der Waals surface area contributed by atoms with Crippen LogP contribution in [0, 0.1) is 5.41 Å². The summed E-state index contributed by atoms with van der Waals surface area (Å²) in [7, 11) is 0. The van der Waals surface area contributed by atoms with E-state index < -0.39 is 0 Å². The number of benzene rings is 5. The Morgan fingerprint density at radius 2 is 0.971 bits per heavy atom. The average molecular weight is 445 g/mol. The molecule has 0 radical (unpaired) electrons. The van der Waals surface area contributed by atoms with E-state index >= 15 is 0 Å². The molecule has 0 aromatic heterocycles. The van der Waals surface area contributed by atoms with Crippen LogP contribution in [0.25, 0.3) is 33.1 Å². The van der Waals surface area contributed by atoms with E-state index in [1.54, 1.807) is 0 Å². The fraction of sp³-hybridized carbons (Fsp3) is 0.0857. The van der Waals surface area contributed by atoms with Crippen molar-refractivity contribution in [2.75, 3.05) is 0 Å². The lowest BCUT2D eigenvalue weighted by Crippen LogP contribution is -2.08. The summed E-state index contributed by atoms with van der Waals surface area (Å²) in [4.78, 5) is 0. The maximum Gasteiger partial charge on any atom is 0.0302 e. The van der Waals surface area contributed by atoms with Crippen LogP contribution in [0.15, 0.2) is 127 Å². The highest BCUT2D eigenvalue weighted by Crippen LogP contribution is 2.79. The van der Waals surface area contributed by atoms with E-state index in [0.29, 0.717) is 5.92 Å². The highest BCUT2D eigenvalue weighted by atomic mass is 14.7.